The number of rotatable bonds is 5. The van der Waals surface area contributed by atoms with Crippen LogP contribution in [0.5, 0.6) is 0 Å². The molecule has 1 heterocycles. The number of carboxylic acid groups (broad SMARTS) is 1. The van der Waals surface area contributed by atoms with Gasteiger partial charge in [0.1, 0.15) is 0 Å². The van der Waals surface area contributed by atoms with Gasteiger partial charge < -0.3 is 5.11 Å². The molecule has 1 atom stereocenters. The quantitative estimate of drug-likeness (QED) is 0.410. The second kappa shape index (κ2) is 8.22. The summed E-state index contributed by atoms with van der Waals surface area (Å²) in [4.78, 5) is 15.4. The highest BCUT2D eigenvalue weighted by Gasteiger charge is 2.30. The summed E-state index contributed by atoms with van der Waals surface area (Å²) < 4.78 is 39.0. The van der Waals surface area contributed by atoms with E-state index in [2.05, 4.69) is 4.98 Å². The van der Waals surface area contributed by atoms with Crippen LogP contribution in [0.4, 0.5) is 13.2 Å². The van der Waals surface area contributed by atoms with Gasteiger partial charge in [-0.15, -0.1) is 0 Å². The van der Waals surface area contributed by atoms with Crippen molar-refractivity contribution in [3.8, 4) is 0 Å². The van der Waals surface area contributed by atoms with Crippen LogP contribution in [0.3, 0.4) is 0 Å². The molecule has 156 valence electrons. The van der Waals surface area contributed by atoms with E-state index in [4.69, 9.17) is 5.11 Å². The fourth-order valence-electron chi connectivity index (χ4n) is 3.64. The van der Waals surface area contributed by atoms with Gasteiger partial charge in [-0.1, -0.05) is 48.5 Å². The lowest BCUT2D eigenvalue weighted by Gasteiger charge is -2.19. The van der Waals surface area contributed by atoms with Gasteiger partial charge in [0.25, 0.3) is 0 Å². The van der Waals surface area contributed by atoms with Gasteiger partial charge in [-0.05, 0) is 53.4 Å². The van der Waals surface area contributed by atoms with E-state index in [1.165, 1.54) is 6.07 Å². The molecule has 31 heavy (non-hydrogen) atoms. The number of benzene rings is 3. The third-order valence-corrected chi connectivity index (χ3v) is 5.28. The second-order valence-electron chi connectivity index (χ2n) is 7.34. The first-order valence-corrected chi connectivity index (χ1v) is 9.65. The minimum atomic E-state index is -4.41. The van der Waals surface area contributed by atoms with Crippen LogP contribution in [0, 0.1) is 0 Å². The summed E-state index contributed by atoms with van der Waals surface area (Å²) in [6.07, 6.45) is -2.20. The number of aromatic carboxylic acids is 1. The molecule has 1 unspecified atom stereocenters. The van der Waals surface area contributed by atoms with Crippen molar-refractivity contribution in [3.63, 3.8) is 0 Å². The molecule has 4 rings (SSSR count). The van der Waals surface area contributed by atoms with E-state index < -0.39 is 17.7 Å². The van der Waals surface area contributed by atoms with Gasteiger partial charge in [0, 0.05) is 17.5 Å². The van der Waals surface area contributed by atoms with Crippen LogP contribution < -0.4 is 0 Å². The molecule has 3 aromatic carbocycles. The largest absolute Gasteiger partial charge is 0.478 e. The zero-order chi connectivity index (χ0) is 22.0. The molecule has 0 saturated heterocycles. The molecule has 3 nitrogen and oxygen atoms in total. The molecule has 0 aliphatic carbocycles. The lowest BCUT2D eigenvalue weighted by Crippen LogP contribution is -2.07. The van der Waals surface area contributed by atoms with Crippen molar-refractivity contribution in [1.29, 1.82) is 0 Å². The Morgan fingerprint density at radius 2 is 1.61 bits per heavy atom. The van der Waals surface area contributed by atoms with Crippen LogP contribution in [0.1, 0.15) is 38.5 Å². The summed E-state index contributed by atoms with van der Waals surface area (Å²) in [5.74, 6) is -1.07. The van der Waals surface area contributed by atoms with Crippen molar-refractivity contribution in [2.45, 2.75) is 18.5 Å². The van der Waals surface area contributed by atoms with Gasteiger partial charge in [-0.3, -0.25) is 4.98 Å². The van der Waals surface area contributed by atoms with E-state index in [1.807, 2.05) is 36.4 Å². The van der Waals surface area contributed by atoms with Gasteiger partial charge >= 0.3 is 12.1 Å². The van der Waals surface area contributed by atoms with E-state index in [0.717, 1.165) is 28.8 Å². The summed E-state index contributed by atoms with van der Waals surface area (Å²) in [5.41, 5.74) is 2.65. The molecule has 0 amide bonds. The highest BCUT2D eigenvalue weighted by molar-refractivity contribution is 5.87. The Hall–Kier alpha value is -3.67. The maximum absolute atomic E-state index is 13.0. The summed E-state index contributed by atoms with van der Waals surface area (Å²) >= 11 is 0. The minimum Gasteiger partial charge on any atom is -0.478 e. The van der Waals surface area contributed by atoms with Gasteiger partial charge in [0.2, 0.25) is 0 Å². The Bertz CT molecular complexity index is 1220. The Kier molecular flexibility index (Phi) is 5.46. The molecule has 1 N–H and O–H groups in total. The number of carboxylic acids is 1. The first-order chi connectivity index (χ1) is 14.8. The molecule has 0 spiro atoms. The predicted molar refractivity (Wildman–Crippen MR) is 112 cm³/mol. The lowest BCUT2D eigenvalue weighted by molar-refractivity contribution is -0.137. The van der Waals surface area contributed by atoms with Gasteiger partial charge in [0.15, 0.2) is 0 Å². The fourth-order valence-corrected chi connectivity index (χ4v) is 3.64. The maximum Gasteiger partial charge on any atom is 0.416 e. The van der Waals surface area contributed by atoms with Crippen molar-refractivity contribution >= 4 is 16.9 Å². The molecule has 6 heteroatoms. The zero-order valence-corrected chi connectivity index (χ0v) is 16.3. The van der Waals surface area contributed by atoms with Crippen LogP contribution in [0.25, 0.3) is 10.9 Å². The molecule has 0 bridgehead atoms. The van der Waals surface area contributed by atoms with Crippen molar-refractivity contribution in [2.24, 2.45) is 0 Å². The number of nitrogens with zero attached hydrogens (tertiary/aromatic N) is 1. The predicted octanol–water partition coefficient (Wildman–Crippen LogP) is 6.33. The normalized spacial score (nSPS) is 12.6. The summed E-state index contributed by atoms with van der Waals surface area (Å²) in [7, 11) is 0. The van der Waals surface area contributed by atoms with Crippen molar-refractivity contribution in [1.82, 2.24) is 4.98 Å². The molecule has 0 saturated carbocycles. The Morgan fingerprint density at radius 1 is 0.903 bits per heavy atom. The number of halogens is 3. The van der Waals surface area contributed by atoms with Crippen LogP contribution in [0.2, 0.25) is 0 Å². The minimum absolute atomic E-state index is 0.0870. The summed E-state index contributed by atoms with van der Waals surface area (Å²) in [6, 6.07) is 21.9. The first kappa shape index (κ1) is 20.6. The highest BCUT2D eigenvalue weighted by atomic mass is 19.4. The molecule has 0 aliphatic rings. The van der Waals surface area contributed by atoms with E-state index in [1.54, 1.807) is 30.5 Å². The van der Waals surface area contributed by atoms with Crippen LogP contribution >= 0.6 is 0 Å². The van der Waals surface area contributed by atoms with Crippen molar-refractivity contribution < 1.29 is 23.1 Å². The lowest BCUT2D eigenvalue weighted by atomic mass is 9.86. The molecule has 0 radical (unpaired) electrons. The first-order valence-electron chi connectivity index (χ1n) is 9.65. The number of alkyl halides is 3. The number of fused-ring (bicyclic) bond motifs is 1. The molecule has 4 aromatic rings. The van der Waals surface area contributed by atoms with Crippen LogP contribution in [-0.2, 0) is 12.6 Å². The van der Waals surface area contributed by atoms with Gasteiger partial charge in [-0.25, -0.2) is 4.79 Å². The zero-order valence-electron chi connectivity index (χ0n) is 16.3. The number of aromatic nitrogens is 1. The standard InChI is InChI=1S/C25H18F3NO2/c26-25(27,28)21-11-10-19-13-20(15-29-23(19)14-21)22(17-4-2-1-3-5-17)12-16-6-8-18(9-7-16)24(30)31/h1-11,13-15,22H,12H2,(H,30,31). The summed E-state index contributed by atoms with van der Waals surface area (Å²) in [5, 5.41) is 9.74. The third kappa shape index (κ3) is 4.58. The number of hydrogen-bond acceptors (Lipinski definition) is 2. The van der Waals surface area contributed by atoms with E-state index in [9.17, 15) is 18.0 Å². The number of carbonyl (C=O) groups is 1. The van der Waals surface area contributed by atoms with Crippen molar-refractivity contribution in [2.75, 3.05) is 0 Å². The smallest absolute Gasteiger partial charge is 0.416 e. The Morgan fingerprint density at radius 3 is 2.26 bits per heavy atom. The third-order valence-electron chi connectivity index (χ3n) is 5.28. The highest BCUT2D eigenvalue weighted by Crippen LogP contribution is 2.33. The Labute approximate surface area is 176 Å². The molecular weight excluding hydrogens is 403 g/mol. The SMILES string of the molecule is O=C(O)c1ccc(CC(c2ccccc2)c2cnc3cc(C(F)(F)F)ccc3c2)cc1. The topological polar surface area (TPSA) is 50.2 Å². The second-order valence-corrected chi connectivity index (χ2v) is 7.34. The van der Waals surface area contributed by atoms with Crippen LogP contribution in [-0.4, -0.2) is 16.1 Å². The maximum atomic E-state index is 13.0. The molecule has 0 aliphatic heterocycles. The average Bonchev–Trinajstić information content (AvgIpc) is 2.77. The van der Waals surface area contributed by atoms with Gasteiger partial charge in [-0.2, -0.15) is 13.2 Å². The van der Waals surface area contributed by atoms with E-state index in [-0.39, 0.29) is 17.0 Å². The Balaban J connectivity index is 1.73. The molecular formula is C25H18F3NO2. The summed E-state index contributed by atoms with van der Waals surface area (Å²) in [6.45, 7) is 0. The van der Waals surface area contributed by atoms with Crippen LogP contribution in [0.15, 0.2) is 85.1 Å². The van der Waals surface area contributed by atoms with Crippen molar-refractivity contribution in [3.05, 3.63) is 113 Å². The number of pyridine rings is 1. The monoisotopic (exact) mass is 421 g/mol. The van der Waals surface area contributed by atoms with E-state index in [0.29, 0.717) is 11.8 Å². The fraction of sp³-hybridized carbons (Fsp3) is 0.120. The van der Waals surface area contributed by atoms with E-state index >= 15 is 0 Å². The molecule has 1 aromatic heterocycles. The average molecular weight is 421 g/mol. The number of hydrogen-bond donors (Lipinski definition) is 1. The molecule has 0 fully saturated rings. The van der Waals surface area contributed by atoms with Gasteiger partial charge in [0.05, 0.1) is 16.6 Å².